The zero-order valence-corrected chi connectivity index (χ0v) is 25.9. The summed E-state index contributed by atoms with van der Waals surface area (Å²) in [6, 6.07) is 15.0. The van der Waals surface area contributed by atoms with Gasteiger partial charge < -0.3 is 25.6 Å². The molecule has 1 aliphatic heterocycles. The van der Waals surface area contributed by atoms with E-state index in [0.29, 0.717) is 57.4 Å². The van der Waals surface area contributed by atoms with Crippen molar-refractivity contribution in [3.05, 3.63) is 87.4 Å². The van der Waals surface area contributed by atoms with E-state index in [0.717, 1.165) is 18.5 Å². The Hall–Kier alpha value is -4.00. The third kappa shape index (κ3) is 7.13. The Balaban J connectivity index is 1.41. The fourth-order valence-electron chi connectivity index (χ4n) is 5.41. The summed E-state index contributed by atoms with van der Waals surface area (Å²) in [7, 11) is 1.46. The Morgan fingerprint density at radius 3 is 2.56 bits per heavy atom. The van der Waals surface area contributed by atoms with Gasteiger partial charge in [-0.3, -0.25) is 19.6 Å². The van der Waals surface area contributed by atoms with Crippen LogP contribution in [0.25, 0.3) is 22.3 Å². The van der Waals surface area contributed by atoms with Crippen LogP contribution in [0.5, 0.6) is 5.75 Å². The number of methoxy groups -OCH3 is 1. The van der Waals surface area contributed by atoms with E-state index >= 15 is 4.39 Å². The first kappa shape index (κ1) is 32.4. The van der Waals surface area contributed by atoms with Crippen LogP contribution < -0.4 is 20.7 Å². The zero-order valence-electron chi connectivity index (χ0n) is 24.4. The van der Waals surface area contributed by atoms with Crippen LogP contribution in [0, 0.1) is 5.82 Å². The van der Waals surface area contributed by atoms with Crippen LogP contribution in [0.3, 0.4) is 0 Å². The van der Waals surface area contributed by atoms with E-state index in [-0.39, 0.29) is 36.5 Å². The SMILES string of the molecule is COc1cc(-c2cccc(-c3cccc(NC(=O)c4cc5n(n4)CCC[C@H]5NCC(=O)O)c3Cl)c2Cl)cc(F)c1CNCCO. The molecule has 10 nitrogen and oxygen atoms in total. The van der Waals surface area contributed by atoms with Gasteiger partial charge in [0.25, 0.3) is 5.91 Å². The number of benzene rings is 3. The van der Waals surface area contributed by atoms with Gasteiger partial charge in [0.1, 0.15) is 11.6 Å². The van der Waals surface area contributed by atoms with Crippen LogP contribution in [-0.2, 0) is 17.9 Å². The molecule has 5 rings (SSSR count). The summed E-state index contributed by atoms with van der Waals surface area (Å²) in [5.41, 5.74) is 3.80. The number of aliphatic hydroxyl groups excluding tert-OH is 1. The number of nitrogens with one attached hydrogen (secondary N) is 3. The van der Waals surface area contributed by atoms with Crippen LogP contribution in [-0.4, -0.2) is 58.7 Å². The number of carboxylic acid groups (broad SMARTS) is 1. The number of hydrogen-bond donors (Lipinski definition) is 5. The summed E-state index contributed by atoms with van der Waals surface area (Å²) >= 11 is 13.7. The fourth-order valence-corrected chi connectivity index (χ4v) is 6.02. The molecule has 1 amide bonds. The highest BCUT2D eigenvalue weighted by Crippen LogP contribution is 2.42. The number of carbonyl (C=O) groups excluding carboxylic acids is 1. The van der Waals surface area contributed by atoms with Crippen molar-refractivity contribution in [3.8, 4) is 28.0 Å². The van der Waals surface area contributed by atoms with Crippen LogP contribution in [0.4, 0.5) is 10.1 Å². The Kier molecular flexibility index (Phi) is 10.4. The minimum atomic E-state index is -0.961. The van der Waals surface area contributed by atoms with Gasteiger partial charge in [0.2, 0.25) is 0 Å². The average Bonchev–Trinajstić information content (AvgIpc) is 3.47. The molecule has 0 fully saturated rings. The van der Waals surface area contributed by atoms with Crippen LogP contribution >= 0.6 is 23.2 Å². The first-order chi connectivity index (χ1) is 21.7. The van der Waals surface area contributed by atoms with Crippen molar-refractivity contribution in [2.24, 2.45) is 0 Å². The van der Waals surface area contributed by atoms with Gasteiger partial charge in [0, 0.05) is 47.9 Å². The van der Waals surface area contributed by atoms with Gasteiger partial charge in [-0.2, -0.15) is 5.10 Å². The normalized spacial score (nSPS) is 14.2. The largest absolute Gasteiger partial charge is 0.496 e. The van der Waals surface area contributed by atoms with Crippen molar-refractivity contribution >= 4 is 40.8 Å². The van der Waals surface area contributed by atoms with Crippen LogP contribution in [0.1, 0.15) is 40.6 Å². The molecule has 45 heavy (non-hydrogen) atoms. The molecular formula is C32H32Cl2FN5O5. The highest BCUT2D eigenvalue weighted by atomic mass is 35.5. The predicted molar refractivity (Wildman–Crippen MR) is 170 cm³/mol. The number of aryl methyl sites for hydroxylation is 1. The molecular weight excluding hydrogens is 624 g/mol. The van der Waals surface area contributed by atoms with Gasteiger partial charge >= 0.3 is 5.97 Å². The number of aliphatic carboxylic acids is 1. The number of fused-ring (bicyclic) bond motifs is 1. The van der Waals surface area contributed by atoms with Crippen LogP contribution in [0.15, 0.2) is 54.6 Å². The van der Waals surface area contributed by atoms with Gasteiger partial charge in [0.15, 0.2) is 5.69 Å². The van der Waals surface area contributed by atoms with Gasteiger partial charge in [-0.05, 0) is 42.7 Å². The molecule has 0 spiro atoms. The number of amides is 1. The van der Waals surface area contributed by atoms with E-state index < -0.39 is 17.7 Å². The Bertz CT molecular complexity index is 1730. The molecule has 0 saturated heterocycles. The molecule has 0 bridgehead atoms. The molecule has 236 valence electrons. The van der Waals surface area contributed by atoms with Crippen molar-refractivity contribution in [1.29, 1.82) is 0 Å². The summed E-state index contributed by atoms with van der Waals surface area (Å²) in [6.07, 6.45) is 1.53. The van der Waals surface area contributed by atoms with E-state index in [1.807, 2.05) is 0 Å². The van der Waals surface area contributed by atoms with Crippen molar-refractivity contribution in [2.45, 2.75) is 32.0 Å². The van der Waals surface area contributed by atoms with E-state index in [1.54, 1.807) is 53.2 Å². The highest BCUT2D eigenvalue weighted by Gasteiger charge is 2.25. The molecule has 13 heteroatoms. The van der Waals surface area contributed by atoms with Crippen molar-refractivity contribution in [1.82, 2.24) is 20.4 Å². The fraction of sp³-hybridized carbons (Fsp3) is 0.281. The summed E-state index contributed by atoms with van der Waals surface area (Å²) in [5.74, 6) is -1.57. The zero-order chi connectivity index (χ0) is 32.1. The summed E-state index contributed by atoms with van der Waals surface area (Å²) < 4.78 is 22.4. The first-order valence-corrected chi connectivity index (χ1v) is 15.1. The molecule has 1 aromatic heterocycles. The standard InChI is InChI=1S/C32H32Cl2FN5O5/c1-45-28-14-18(13-23(35)22(28)16-36-10-12-41)19-5-2-6-20(30(19)33)21-7-3-8-25(31(21)34)38-32(44)26-15-27-24(37-17-29(42)43)9-4-11-40(27)39-26/h2-3,5-8,13-15,24,36-37,41H,4,9-12,16-17H2,1H3,(H,38,44)(H,42,43)/t24-/m1/s1. The molecule has 0 unspecified atom stereocenters. The molecule has 3 aromatic carbocycles. The second kappa shape index (κ2) is 14.4. The number of aliphatic hydroxyl groups is 1. The third-order valence-corrected chi connectivity index (χ3v) is 8.39. The predicted octanol–water partition coefficient (Wildman–Crippen LogP) is 5.51. The van der Waals surface area contributed by atoms with E-state index in [9.17, 15) is 9.59 Å². The second-order valence-electron chi connectivity index (χ2n) is 10.5. The van der Waals surface area contributed by atoms with E-state index in [4.69, 9.17) is 38.2 Å². The molecule has 1 aliphatic rings. The lowest BCUT2D eigenvalue weighted by atomic mass is 9.97. The Morgan fingerprint density at radius 1 is 1.09 bits per heavy atom. The maximum atomic E-state index is 15.2. The monoisotopic (exact) mass is 655 g/mol. The van der Waals surface area contributed by atoms with Gasteiger partial charge in [0.05, 0.1) is 41.7 Å². The number of hydrogen-bond acceptors (Lipinski definition) is 7. The molecule has 1 atom stereocenters. The number of halogens is 3. The lowest BCUT2D eigenvalue weighted by molar-refractivity contribution is -0.136. The molecule has 0 aliphatic carbocycles. The lowest BCUT2D eigenvalue weighted by Crippen LogP contribution is -2.31. The number of ether oxygens (including phenoxy) is 1. The van der Waals surface area contributed by atoms with E-state index in [2.05, 4.69) is 21.0 Å². The number of aromatic nitrogens is 2. The Morgan fingerprint density at radius 2 is 1.82 bits per heavy atom. The third-order valence-electron chi connectivity index (χ3n) is 7.57. The minimum absolute atomic E-state index is 0.0719. The molecule has 0 saturated carbocycles. The number of rotatable bonds is 12. The number of carbonyl (C=O) groups is 2. The summed E-state index contributed by atoms with van der Waals surface area (Å²) in [4.78, 5) is 24.3. The van der Waals surface area contributed by atoms with Gasteiger partial charge in [-0.1, -0.05) is 53.5 Å². The van der Waals surface area contributed by atoms with Crippen molar-refractivity contribution < 1.29 is 28.9 Å². The van der Waals surface area contributed by atoms with Crippen molar-refractivity contribution in [3.63, 3.8) is 0 Å². The Labute approximate surface area is 269 Å². The molecule has 2 heterocycles. The maximum Gasteiger partial charge on any atom is 0.317 e. The van der Waals surface area contributed by atoms with Crippen LogP contribution in [0.2, 0.25) is 10.0 Å². The maximum absolute atomic E-state index is 15.2. The van der Waals surface area contributed by atoms with Crippen molar-refractivity contribution in [2.75, 3.05) is 32.1 Å². The first-order valence-electron chi connectivity index (χ1n) is 14.3. The lowest BCUT2D eigenvalue weighted by Gasteiger charge is -2.23. The quantitative estimate of drug-likeness (QED) is 0.126. The number of nitrogens with zero attached hydrogens (tertiary/aromatic N) is 2. The van der Waals surface area contributed by atoms with Gasteiger partial charge in [-0.25, -0.2) is 4.39 Å². The molecule has 0 radical (unpaired) electrons. The summed E-state index contributed by atoms with van der Waals surface area (Å²) in [5, 5.41) is 31.9. The van der Waals surface area contributed by atoms with E-state index in [1.165, 1.54) is 13.2 Å². The minimum Gasteiger partial charge on any atom is -0.496 e. The molecule has 4 aromatic rings. The smallest absolute Gasteiger partial charge is 0.317 e. The second-order valence-corrected chi connectivity index (χ2v) is 11.2. The summed E-state index contributed by atoms with van der Waals surface area (Å²) in [6.45, 7) is 0.854. The highest BCUT2D eigenvalue weighted by molar-refractivity contribution is 6.39. The average molecular weight is 657 g/mol. The topological polar surface area (TPSA) is 138 Å². The molecule has 5 N–H and O–H groups in total. The number of anilines is 1. The van der Waals surface area contributed by atoms with Gasteiger partial charge in [-0.15, -0.1) is 0 Å². The number of carboxylic acids is 1.